The molecule has 0 bridgehead atoms. The van der Waals surface area contributed by atoms with Gasteiger partial charge in [-0.25, -0.2) is 9.19 Å². The quantitative estimate of drug-likeness (QED) is 0.828. The molecule has 0 amide bonds. The molecule has 0 fully saturated rings. The van der Waals surface area contributed by atoms with Crippen molar-refractivity contribution in [1.82, 2.24) is 10.5 Å². The van der Waals surface area contributed by atoms with E-state index in [0.29, 0.717) is 5.52 Å². The number of rotatable bonds is 3. The van der Waals surface area contributed by atoms with Gasteiger partial charge in [0.25, 0.3) is 0 Å². The third kappa shape index (κ3) is 2.22. The Labute approximate surface area is 107 Å². The monoisotopic (exact) mass is 266 g/mol. The molecule has 1 atom stereocenters. The zero-order valence-electron chi connectivity index (χ0n) is 10.4. The highest BCUT2D eigenvalue weighted by Crippen LogP contribution is 2.32. The molecule has 6 heteroatoms. The van der Waals surface area contributed by atoms with Crippen LogP contribution in [0.2, 0.25) is 0 Å². The lowest BCUT2D eigenvalue weighted by molar-refractivity contribution is 0.251. The van der Waals surface area contributed by atoms with Gasteiger partial charge in [0, 0.05) is 18.1 Å². The fourth-order valence-electron chi connectivity index (χ4n) is 1.76. The van der Waals surface area contributed by atoms with Gasteiger partial charge in [-0.3, -0.25) is 0 Å². The van der Waals surface area contributed by atoms with E-state index in [-0.39, 0.29) is 10.6 Å². The zero-order valence-corrected chi connectivity index (χ0v) is 11.2. The van der Waals surface area contributed by atoms with Crippen LogP contribution >= 0.6 is 0 Å². The van der Waals surface area contributed by atoms with Crippen LogP contribution in [0.1, 0.15) is 11.3 Å². The minimum atomic E-state index is -1.77. The summed E-state index contributed by atoms with van der Waals surface area (Å²) in [5.74, 6) is -0.104. The van der Waals surface area contributed by atoms with Crippen LogP contribution in [-0.2, 0) is 15.4 Å². The van der Waals surface area contributed by atoms with E-state index in [1.807, 2.05) is 26.0 Å². The molecule has 2 rings (SSSR count). The number of hydrogen-bond donors (Lipinski definition) is 2. The van der Waals surface area contributed by atoms with Crippen molar-refractivity contribution in [2.24, 2.45) is 0 Å². The van der Waals surface area contributed by atoms with Gasteiger partial charge >= 0.3 is 0 Å². The Balaban J connectivity index is 2.70. The van der Waals surface area contributed by atoms with E-state index in [1.54, 1.807) is 6.07 Å². The predicted octanol–water partition coefficient (Wildman–Crippen LogP) is 1.73. The van der Waals surface area contributed by atoms with E-state index in [4.69, 9.17) is 4.28 Å². The minimum absolute atomic E-state index is 0.104. The highest BCUT2D eigenvalue weighted by molar-refractivity contribution is 7.80. The molecule has 1 unspecified atom stereocenters. The van der Waals surface area contributed by atoms with Crippen molar-refractivity contribution in [1.29, 1.82) is 0 Å². The average molecular weight is 266 g/mol. The van der Waals surface area contributed by atoms with E-state index in [2.05, 4.69) is 10.5 Å². The number of phenols is 1. The molecule has 1 aromatic heterocycles. The molecule has 1 aromatic carbocycles. The summed E-state index contributed by atoms with van der Waals surface area (Å²) < 4.78 is 16.6. The summed E-state index contributed by atoms with van der Waals surface area (Å²) in [4.78, 5) is 4.49. The Kier molecular flexibility index (Phi) is 3.60. The van der Waals surface area contributed by atoms with Crippen molar-refractivity contribution < 1.29 is 13.6 Å². The number of hydroxylamine groups is 1. The summed E-state index contributed by atoms with van der Waals surface area (Å²) in [6.45, 7) is 3.71. The summed E-state index contributed by atoms with van der Waals surface area (Å²) >= 11 is -1.77. The van der Waals surface area contributed by atoms with Crippen molar-refractivity contribution in [3.05, 3.63) is 29.5 Å². The van der Waals surface area contributed by atoms with Crippen molar-refractivity contribution in [3.63, 3.8) is 0 Å². The predicted molar refractivity (Wildman–Crippen MR) is 69.4 cm³/mol. The maximum Gasteiger partial charge on any atom is 0.210 e. The average Bonchev–Trinajstić information content (AvgIpc) is 2.33. The number of aromatic nitrogens is 1. The summed E-state index contributed by atoms with van der Waals surface area (Å²) in [6, 6.07) is 5.40. The third-order valence-corrected chi connectivity index (χ3v) is 3.59. The van der Waals surface area contributed by atoms with Crippen LogP contribution in [0.25, 0.3) is 10.9 Å². The topological polar surface area (TPSA) is 71.5 Å². The molecule has 0 aliphatic heterocycles. The Morgan fingerprint density at radius 3 is 2.78 bits per heavy atom. The first-order valence-electron chi connectivity index (χ1n) is 5.40. The van der Waals surface area contributed by atoms with Crippen molar-refractivity contribution in [2.75, 3.05) is 7.05 Å². The number of benzene rings is 1. The number of fused-ring (bicyclic) bond motifs is 1. The maximum atomic E-state index is 11.8. The number of aryl methyl sites for hydroxylation is 2. The van der Waals surface area contributed by atoms with Gasteiger partial charge in [-0.2, -0.15) is 9.76 Å². The number of nitrogens with zero attached hydrogens (tertiary/aromatic N) is 1. The highest BCUT2D eigenvalue weighted by atomic mass is 32.2. The van der Waals surface area contributed by atoms with Crippen LogP contribution in [0.4, 0.5) is 0 Å². The van der Waals surface area contributed by atoms with Gasteiger partial charge in [0.2, 0.25) is 11.1 Å². The van der Waals surface area contributed by atoms with Crippen molar-refractivity contribution in [2.45, 2.75) is 18.7 Å². The summed E-state index contributed by atoms with van der Waals surface area (Å²) in [5, 5.41) is 11.0. The first-order valence-corrected chi connectivity index (χ1v) is 6.48. The molecule has 0 saturated carbocycles. The summed E-state index contributed by atoms with van der Waals surface area (Å²) in [6.07, 6.45) is 0. The van der Waals surface area contributed by atoms with E-state index in [0.717, 1.165) is 16.6 Å². The lowest BCUT2D eigenvalue weighted by Crippen LogP contribution is -2.10. The molecule has 96 valence electrons. The molecule has 0 aliphatic rings. The molecule has 1 heterocycles. The SMILES string of the molecule is CNOS(=O)c1cc(C)c2ccc(C)nc2c1O. The number of hydrogen-bond acceptors (Lipinski definition) is 5. The fraction of sp³-hybridized carbons (Fsp3) is 0.250. The molecule has 0 spiro atoms. The van der Waals surface area contributed by atoms with Gasteiger partial charge in [0.1, 0.15) is 10.4 Å². The smallest absolute Gasteiger partial charge is 0.210 e. The molecule has 0 radical (unpaired) electrons. The van der Waals surface area contributed by atoms with Crippen LogP contribution in [0.3, 0.4) is 0 Å². The summed E-state index contributed by atoms with van der Waals surface area (Å²) in [5.41, 5.74) is 4.46. The van der Waals surface area contributed by atoms with Crippen LogP contribution in [0.5, 0.6) is 5.75 Å². The second-order valence-corrected chi connectivity index (χ2v) is 4.99. The molecule has 2 N–H and O–H groups in total. The lowest BCUT2D eigenvalue weighted by Gasteiger charge is -2.09. The second-order valence-electron chi connectivity index (χ2n) is 3.91. The van der Waals surface area contributed by atoms with Crippen LogP contribution in [0, 0.1) is 13.8 Å². The van der Waals surface area contributed by atoms with Gasteiger partial charge in [-0.15, -0.1) is 0 Å². The van der Waals surface area contributed by atoms with Gasteiger partial charge in [-0.05, 0) is 31.5 Å². The molecular weight excluding hydrogens is 252 g/mol. The molecular formula is C12H14N2O3S. The van der Waals surface area contributed by atoms with E-state index in [1.165, 1.54) is 7.05 Å². The number of aromatic hydroxyl groups is 1. The Bertz CT molecular complexity index is 628. The van der Waals surface area contributed by atoms with E-state index < -0.39 is 11.1 Å². The standard InChI is InChI=1S/C12H14N2O3S/c1-7-6-10(18(16)17-13-3)12(15)11-9(7)5-4-8(2)14-11/h4-6,13,15H,1-3H3. The summed E-state index contributed by atoms with van der Waals surface area (Å²) in [7, 11) is 1.51. The van der Waals surface area contributed by atoms with Crippen LogP contribution in [0.15, 0.2) is 23.1 Å². The normalized spacial score (nSPS) is 12.8. The molecule has 2 aromatic rings. The molecule has 0 saturated heterocycles. The van der Waals surface area contributed by atoms with Gasteiger partial charge in [-0.1, -0.05) is 6.07 Å². The first kappa shape index (κ1) is 12.9. The molecule has 5 nitrogen and oxygen atoms in total. The Hall–Kier alpha value is -1.50. The van der Waals surface area contributed by atoms with Gasteiger partial charge in [0.05, 0.1) is 0 Å². The largest absolute Gasteiger partial charge is 0.504 e. The number of nitrogens with one attached hydrogen (secondary N) is 1. The number of phenolic OH excluding ortho intramolecular Hbond substituents is 1. The van der Waals surface area contributed by atoms with Gasteiger partial charge in [0.15, 0.2) is 5.75 Å². The third-order valence-electron chi connectivity index (χ3n) is 2.60. The van der Waals surface area contributed by atoms with Crippen LogP contribution in [-0.4, -0.2) is 21.3 Å². The van der Waals surface area contributed by atoms with Crippen molar-refractivity contribution in [3.8, 4) is 5.75 Å². The van der Waals surface area contributed by atoms with E-state index >= 15 is 0 Å². The first-order chi connectivity index (χ1) is 8.54. The lowest BCUT2D eigenvalue weighted by atomic mass is 10.1. The maximum absolute atomic E-state index is 11.8. The van der Waals surface area contributed by atoms with Crippen molar-refractivity contribution >= 4 is 22.0 Å². The Morgan fingerprint density at radius 1 is 1.39 bits per heavy atom. The molecule has 0 aliphatic carbocycles. The fourth-order valence-corrected chi connectivity index (χ4v) is 2.53. The Morgan fingerprint density at radius 2 is 2.11 bits per heavy atom. The second kappa shape index (κ2) is 5.01. The van der Waals surface area contributed by atoms with Gasteiger partial charge < -0.3 is 5.11 Å². The molecule has 18 heavy (non-hydrogen) atoms. The van der Waals surface area contributed by atoms with Crippen LogP contribution < -0.4 is 5.48 Å². The minimum Gasteiger partial charge on any atom is -0.504 e. The van der Waals surface area contributed by atoms with E-state index in [9.17, 15) is 9.32 Å². The number of pyridine rings is 1. The highest BCUT2D eigenvalue weighted by Gasteiger charge is 2.16. The zero-order chi connectivity index (χ0) is 13.3.